The van der Waals surface area contributed by atoms with Crippen LogP contribution in [0.1, 0.15) is 12.0 Å². The summed E-state index contributed by atoms with van der Waals surface area (Å²) in [5.41, 5.74) is -7.70. The number of hydrogen-bond donors (Lipinski definition) is 1. The molecule has 0 saturated heterocycles. The summed E-state index contributed by atoms with van der Waals surface area (Å²) in [6.07, 6.45) is -17.9. The number of rotatable bonds is 8. The maximum atomic E-state index is 14.2. The highest BCUT2D eigenvalue weighted by molar-refractivity contribution is 5.55. The number of anilines is 1. The van der Waals surface area contributed by atoms with Gasteiger partial charge in [0.1, 0.15) is 0 Å². The third-order valence-electron chi connectivity index (χ3n) is 4.78. The highest BCUT2D eigenvalue weighted by Crippen LogP contribution is 2.62. The topological polar surface area (TPSA) is 23.5 Å². The van der Waals surface area contributed by atoms with Crippen LogP contribution in [0.3, 0.4) is 0 Å². The van der Waals surface area contributed by atoms with Crippen molar-refractivity contribution < 1.29 is 75.4 Å². The molecule has 204 valence electrons. The first-order chi connectivity index (χ1) is 15.1. The average molecular weight is 551 g/mol. The lowest BCUT2D eigenvalue weighted by molar-refractivity contribution is -0.443. The Morgan fingerprint density at radius 3 is 1.37 bits per heavy atom. The minimum atomic E-state index is -8.28. The first-order valence-electron chi connectivity index (χ1n) is 8.65. The molecule has 18 heteroatoms. The zero-order chi connectivity index (χ0) is 28.3. The third-order valence-corrected chi connectivity index (χ3v) is 4.78. The normalized spacial score (nSPS) is 16.8. The van der Waals surface area contributed by atoms with Crippen LogP contribution in [0.25, 0.3) is 0 Å². The Labute approximate surface area is 185 Å². The van der Waals surface area contributed by atoms with Gasteiger partial charge >= 0.3 is 42.0 Å². The monoisotopic (exact) mass is 551 g/mol. The van der Waals surface area contributed by atoms with Crippen LogP contribution in [0.15, 0.2) is 24.3 Å². The number of benzene rings is 1. The summed E-state index contributed by atoms with van der Waals surface area (Å²) in [5, 5.41) is 9.98. The second kappa shape index (κ2) is 8.47. The Bertz CT molecular complexity index is 904. The Morgan fingerprint density at radius 2 is 1.00 bits per heavy atom. The number of nitrogens with zero attached hydrogens (tertiary/aromatic N) is 1. The predicted octanol–water partition coefficient (Wildman–Crippen LogP) is 6.63. The van der Waals surface area contributed by atoms with Crippen LogP contribution in [-0.4, -0.2) is 61.2 Å². The van der Waals surface area contributed by atoms with Gasteiger partial charge in [-0.3, -0.25) is 0 Å². The summed E-state index contributed by atoms with van der Waals surface area (Å²) in [7, 11) is 1.91. The molecule has 1 rings (SSSR count). The number of aliphatic hydroxyl groups is 1. The molecule has 0 aromatic heterocycles. The molecule has 35 heavy (non-hydrogen) atoms. The molecular formula is C17H13F16NO. The van der Waals surface area contributed by atoms with E-state index in [0.29, 0.717) is 17.0 Å². The lowest BCUT2D eigenvalue weighted by Crippen LogP contribution is -2.70. The summed E-state index contributed by atoms with van der Waals surface area (Å²) in [4.78, 5) is 0.703. The fourth-order valence-corrected chi connectivity index (χ4v) is 2.80. The number of halogens is 16. The maximum absolute atomic E-state index is 14.2. The summed E-state index contributed by atoms with van der Waals surface area (Å²) in [6, 6.07) is 2.52. The molecule has 0 aliphatic carbocycles. The zero-order valence-corrected chi connectivity index (χ0v) is 17.0. The van der Waals surface area contributed by atoms with Gasteiger partial charge in [0.05, 0.1) is 6.42 Å². The first kappa shape index (κ1) is 30.9. The Hall–Kier alpha value is -2.14. The fourth-order valence-electron chi connectivity index (χ4n) is 2.80. The smallest absolute Gasteiger partial charge is 0.377 e. The van der Waals surface area contributed by atoms with Gasteiger partial charge in [-0.15, -0.1) is 0 Å². The van der Waals surface area contributed by atoms with E-state index in [1.165, 1.54) is 0 Å². The van der Waals surface area contributed by atoms with Crippen molar-refractivity contribution in [3.05, 3.63) is 29.8 Å². The van der Waals surface area contributed by atoms with Crippen molar-refractivity contribution in [1.29, 1.82) is 0 Å². The molecule has 1 atom stereocenters. The van der Waals surface area contributed by atoms with E-state index in [-0.39, 0.29) is 6.07 Å². The van der Waals surface area contributed by atoms with Crippen LogP contribution in [0.5, 0.6) is 0 Å². The minimum absolute atomic E-state index is 0.224. The number of hydrogen-bond acceptors (Lipinski definition) is 2. The highest BCUT2D eigenvalue weighted by Gasteiger charge is 2.91. The molecule has 2 nitrogen and oxygen atoms in total. The first-order valence-corrected chi connectivity index (χ1v) is 8.65. The van der Waals surface area contributed by atoms with Crippen LogP contribution >= 0.6 is 0 Å². The zero-order valence-electron chi connectivity index (χ0n) is 17.0. The van der Waals surface area contributed by atoms with Crippen molar-refractivity contribution in [3.8, 4) is 0 Å². The quantitative estimate of drug-likeness (QED) is 0.367. The Balaban J connectivity index is 3.77. The van der Waals surface area contributed by atoms with E-state index < -0.39 is 65.2 Å². The Kier molecular flexibility index (Phi) is 7.47. The minimum Gasteiger partial charge on any atom is -0.377 e. The van der Waals surface area contributed by atoms with E-state index in [4.69, 9.17) is 0 Å². The molecule has 1 aromatic rings. The lowest BCUT2D eigenvalue weighted by Gasteiger charge is -2.42. The molecule has 0 aliphatic rings. The molecule has 1 aromatic carbocycles. The largest absolute Gasteiger partial charge is 0.460 e. The molecule has 0 spiro atoms. The van der Waals surface area contributed by atoms with Crippen LogP contribution in [-0.2, 0) is 5.60 Å². The van der Waals surface area contributed by atoms with Crippen LogP contribution in [0.2, 0.25) is 0 Å². The van der Waals surface area contributed by atoms with Crippen LogP contribution in [0.4, 0.5) is 75.9 Å². The van der Waals surface area contributed by atoms with E-state index in [1.807, 2.05) is 0 Å². The average Bonchev–Trinajstić information content (AvgIpc) is 2.65. The van der Waals surface area contributed by atoms with E-state index >= 15 is 0 Å². The Morgan fingerprint density at radius 1 is 0.600 bits per heavy atom. The summed E-state index contributed by atoms with van der Waals surface area (Å²) >= 11 is 0. The molecular weight excluding hydrogens is 538 g/mol. The van der Waals surface area contributed by atoms with Gasteiger partial charge in [0.25, 0.3) is 0 Å². The standard InChI is InChI=1S/C17H13F16NO/c1-34(2)9-6-4-3-5-8(9)10(35,16(28,29)30)7-11(18,19)12(20,21)13(22,23)14(24,25)15(26,27)17(31,32)33/h3-6,35H,7H2,1-2H3. The van der Waals surface area contributed by atoms with Gasteiger partial charge in [0, 0.05) is 25.3 Å². The van der Waals surface area contributed by atoms with Gasteiger partial charge in [0.15, 0.2) is 5.60 Å². The SMILES string of the molecule is CN(C)c1ccccc1C(O)(CC(F)(F)C(F)(F)C(F)(F)C(F)(F)C(F)(F)C(F)(F)F)C(F)(F)F. The van der Waals surface area contributed by atoms with E-state index in [9.17, 15) is 75.4 Å². The highest BCUT2D eigenvalue weighted by atomic mass is 19.4. The summed E-state index contributed by atoms with van der Waals surface area (Å²) in [5.74, 6) is -39.7. The van der Waals surface area contributed by atoms with Crippen molar-refractivity contribution in [2.75, 3.05) is 19.0 Å². The van der Waals surface area contributed by atoms with Gasteiger partial charge < -0.3 is 10.0 Å². The van der Waals surface area contributed by atoms with Crippen molar-refractivity contribution in [2.24, 2.45) is 0 Å². The number of para-hydroxylation sites is 1. The second-order valence-corrected chi connectivity index (χ2v) is 7.45. The third kappa shape index (κ3) is 4.57. The van der Waals surface area contributed by atoms with E-state index in [1.54, 1.807) is 0 Å². The van der Waals surface area contributed by atoms with Crippen LogP contribution < -0.4 is 4.90 Å². The van der Waals surface area contributed by atoms with Gasteiger partial charge in [-0.05, 0) is 6.07 Å². The molecule has 0 aliphatic heterocycles. The van der Waals surface area contributed by atoms with Crippen molar-refractivity contribution in [3.63, 3.8) is 0 Å². The molecule has 0 heterocycles. The number of alkyl halides is 16. The molecule has 0 amide bonds. The molecule has 0 fully saturated rings. The molecule has 0 saturated carbocycles. The maximum Gasteiger partial charge on any atom is 0.460 e. The van der Waals surface area contributed by atoms with Gasteiger partial charge in [-0.25, -0.2) is 0 Å². The van der Waals surface area contributed by atoms with Gasteiger partial charge in [-0.2, -0.15) is 70.2 Å². The van der Waals surface area contributed by atoms with E-state index in [0.717, 1.165) is 20.2 Å². The lowest BCUT2D eigenvalue weighted by atomic mass is 9.81. The molecule has 0 radical (unpaired) electrons. The predicted molar refractivity (Wildman–Crippen MR) is 86.1 cm³/mol. The van der Waals surface area contributed by atoms with Crippen LogP contribution in [0, 0.1) is 0 Å². The summed E-state index contributed by atoms with van der Waals surface area (Å²) < 4.78 is 213. The fraction of sp³-hybridized carbons (Fsp3) is 0.647. The molecule has 1 N–H and O–H groups in total. The van der Waals surface area contributed by atoms with Gasteiger partial charge in [0.2, 0.25) is 0 Å². The van der Waals surface area contributed by atoms with Crippen molar-refractivity contribution >= 4 is 5.69 Å². The van der Waals surface area contributed by atoms with E-state index in [2.05, 4.69) is 0 Å². The van der Waals surface area contributed by atoms with Crippen molar-refractivity contribution in [1.82, 2.24) is 0 Å². The second-order valence-electron chi connectivity index (χ2n) is 7.45. The van der Waals surface area contributed by atoms with Crippen molar-refractivity contribution in [2.45, 2.75) is 54.0 Å². The molecule has 1 unspecified atom stereocenters. The summed E-state index contributed by atoms with van der Waals surface area (Å²) in [6.45, 7) is 0. The molecule has 0 bridgehead atoms. The van der Waals surface area contributed by atoms with Gasteiger partial charge in [-0.1, -0.05) is 18.2 Å².